The molecule has 7 nitrogen and oxygen atoms in total. The zero-order chi connectivity index (χ0) is 18.4. The van der Waals surface area contributed by atoms with Crippen LogP contribution in [0.25, 0.3) is 0 Å². The first-order valence-electron chi connectivity index (χ1n) is 8.48. The predicted molar refractivity (Wildman–Crippen MR) is 93.7 cm³/mol. The summed E-state index contributed by atoms with van der Waals surface area (Å²) in [5.74, 6) is -0.147. The zero-order valence-corrected chi connectivity index (χ0v) is 15.0. The van der Waals surface area contributed by atoms with Gasteiger partial charge in [-0.3, -0.25) is 14.4 Å². The third-order valence-electron chi connectivity index (χ3n) is 4.49. The Labute approximate surface area is 147 Å². The second kappa shape index (κ2) is 8.73. The molecule has 1 aliphatic heterocycles. The van der Waals surface area contributed by atoms with Gasteiger partial charge in [-0.15, -0.1) is 0 Å². The molecule has 2 rings (SSSR count). The van der Waals surface area contributed by atoms with Crippen molar-refractivity contribution >= 4 is 23.3 Å². The molecule has 2 atom stereocenters. The highest BCUT2D eigenvalue weighted by molar-refractivity contribution is 5.96. The summed E-state index contributed by atoms with van der Waals surface area (Å²) in [6.07, 6.45) is 0. The topological polar surface area (TPSA) is 80.2 Å². The zero-order valence-electron chi connectivity index (χ0n) is 15.0. The molecule has 1 unspecified atom stereocenters. The van der Waals surface area contributed by atoms with E-state index in [0.717, 1.165) is 4.90 Å². The molecule has 0 aromatic heterocycles. The number of rotatable bonds is 6. The number of benzene rings is 1. The van der Waals surface area contributed by atoms with E-state index in [-0.39, 0.29) is 30.2 Å². The van der Waals surface area contributed by atoms with Crippen LogP contribution in [0.2, 0.25) is 0 Å². The van der Waals surface area contributed by atoms with Crippen LogP contribution in [0.3, 0.4) is 0 Å². The molecule has 0 radical (unpaired) electrons. The minimum atomic E-state index is -0.377. The first-order chi connectivity index (χ1) is 11.9. The van der Waals surface area contributed by atoms with Crippen molar-refractivity contribution in [1.29, 1.82) is 0 Å². The molecule has 0 saturated carbocycles. The van der Waals surface area contributed by atoms with Crippen LogP contribution in [0.1, 0.15) is 24.2 Å². The van der Waals surface area contributed by atoms with E-state index in [0.29, 0.717) is 37.6 Å². The van der Waals surface area contributed by atoms with E-state index in [1.807, 2.05) is 7.05 Å². The summed E-state index contributed by atoms with van der Waals surface area (Å²) in [7, 11) is 1.83. The monoisotopic (exact) mass is 348 g/mol. The number of carbonyl (C=O) groups is 3. The fourth-order valence-corrected chi connectivity index (χ4v) is 2.58. The van der Waals surface area contributed by atoms with E-state index < -0.39 is 0 Å². The number of nitrogens with one attached hydrogen (secondary N) is 2. The quantitative estimate of drug-likeness (QED) is 0.685. The van der Waals surface area contributed by atoms with Gasteiger partial charge in [0.05, 0.1) is 20.3 Å². The minimum absolute atomic E-state index is 0.0166. The molecular weight excluding hydrogens is 322 g/mol. The number of amides is 2. The average molecular weight is 348 g/mol. The highest BCUT2D eigenvalue weighted by Crippen LogP contribution is 2.10. The van der Waals surface area contributed by atoms with Crippen molar-refractivity contribution in [3.05, 3.63) is 29.8 Å². The first kappa shape index (κ1) is 19.1. The summed E-state index contributed by atoms with van der Waals surface area (Å²) < 4.78 is 5.24. The molecule has 1 aliphatic rings. The molecule has 1 aromatic carbocycles. The number of ketones is 1. The van der Waals surface area contributed by atoms with Crippen LogP contribution in [0.15, 0.2) is 24.3 Å². The number of likely N-dealkylation sites (N-methyl/N-ethyl adjacent to an activating group) is 1. The Hall–Kier alpha value is -2.25. The van der Waals surface area contributed by atoms with Crippen LogP contribution in [0.4, 0.5) is 5.69 Å². The largest absolute Gasteiger partial charge is 0.378 e. The van der Waals surface area contributed by atoms with Gasteiger partial charge in [0, 0.05) is 24.3 Å². The van der Waals surface area contributed by atoms with Crippen LogP contribution in [0, 0.1) is 0 Å². The number of nitrogens with zero attached hydrogens (tertiary/aromatic N) is 1. The van der Waals surface area contributed by atoms with Gasteiger partial charge in [0.1, 0.15) is 0 Å². The molecule has 2 amide bonds. The Balaban J connectivity index is 1.87. The molecule has 25 heavy (non-hydrogen) atoms. The molecule has 1 fully saturated rings. The Kier molecular flexibility index (Phi) is 6.66. The number of Topliss-reactive ketones (excluding diaryl/α,β-unsaturated/α-hetero) is 1. The van der Waals surface area contributed by atoms with Crippen LogP contribution < -0.4 is 10.2 Å². The predicted octanol–water partition coefficient (Wildman–Crippen LogP) is -0.410. The Morgan fingerprint density at radius 3 is 2.36 bits per heavy atom. The van der Waals surface area contributed by atoms with Crippen LogP contribution in [0.5, 0.6) is 0 Å². The summed E-state index contributed by atoms with van der Waals surface area (Å²) in [6.45, 7) is 5.90. The van der Waals surface area contributed by atoms with Gasteiger partial charge >= 0.3 is 0 Å². The summed E-state index contributed by atoms with van der Waals surface area (Å²) in [6, 6.07) is 6.39. The fourth-order valence-electron chi connectivity index (χ4n) is 2.58. The molecule has 1 saturated heterocycles. The maximum Gasteiger partial charge on any atom is 0.282 e. The van der Waals surface area contributed by atoms with E-state index in [2.05, 4.69) is 5.32 Å². The lowest BCUT2D eigenvalue weighted by Gasteiger charge is -2.28. The smallest absolute Gasteiger partial charge is 0.282 e. The molecule has 0 spiro atoms. The lowest BCUT2D eigenvalue weighted by atomic mass is 10.1. The fraction of sp³-hybridized carbons (Fsp3) is 0.500. The second-order valence-electron chi connectivity index (χ2n) is 6.36. The van der Waals surface area contributed by atoms with Crippen molar-refractivity contribution in [2.24, 2.45) is 0 Å². The number of hydrogen-bond donors (Lipinski definition) is 2. The van der Waals surface area contributed by atoms with Gasteiger partial charge in [0.15, 0.2) is 18.4 Å². The van der Waals surface area contributed by atoms with Gasteiger partial charge < -0.3 is 19.9 Å². The molecule has 136 valence electrons. The molecule has 0 aliphatic carbocycles. The van der Waals surface area contributed by atoms with Gasteiger partial charge in [0.25, 0.3) is 11.8 Å². The number of hydrogen-bond acceptors (Lipinski definition) is 4. The number of quaternary nitrogens is 1. The lowest BCUT2D eigenvalue weighted by molar-refractivity contribution is -0.886. The number of ether oxygens (including phenoxy) is 1. The van der Waals surface area contributed by atoms with Crippen LogP contribution in [-0.2, 0) is 14.3 Å². The summed E-state index contributed by atoms with van der Waals surface area (Å²) in [4.78, 5) is 38.5. The van der Waals surface area contributed by atoms with E-state index in [1.54, 1.807) is 36.1 Å². The Morgan fingerprint density at radius 1 is 1.20 bits per heavy atom. The Bertz CT molecular complexity index is 624. The summed E-state index contributed by atoms with van der Waals surface area (Å²) >= 11 is 0. The molecular formula is C18H26N3O4+. The van der Waals surface area contributed by atoms with Gasteiger partial charge in [-0.2, -0.15) is 0 Å². The van der Waals surface area contributed by atoms with Crippen molar-refractivity contribution in [1.82, 2.24) is 4.90 Å². The minimum Gasteiger partial charge on any atom is -0.378 e. The van der Waals surface area contributed by atoms with Crippen molar-refractivity contribution < 1.29 is 24.0 Å². The van der Waals surface area contributed by atoms with Crippen LogP contribution in [-0.4, -0.2) is 68.4 Å². The van der Waals surface area contributed by atoms with Gasteiger partial charge in [-0.1, -0.05) is 0 Å². The maximum atomic E-state index is 12.4. The third kappa shape index (κ3) is 5.37. The molecule has 0 bridgehead atoms. The molecule has 1 aromatic rings. The average Bonchev–Trinajstić information content (AvgIpc) is 2.62. The highest BCUT2D eigenvalue weighted by Gasteiger charge is 2.27. The second-order valence-corrected chi connectivity index (χ2v) is 6.36. The standard InChI is InChI=1S/C18H25N3O4/c1-13(20(3)12-17(23)21-8-10-25-11-9-21)18(24)19-16-6-4-15(5-7-16)14(2)22/h4-7,13H,8-12H2,1-3H3,(H,19,24)/p+1/t13-/m1/s1. The van der Waals surface area contributed by atoms with Gasteiger partial charge in [-0.05, 0) is 38.1 Å². The Morgan fingerprint density at radius 2 is 1.80 bits per heavy atom. The number of anilines is 1. The van der Waals surface area contributed by atoms with E-state index in [1.165, 1.54) is 6.92 Å². The molecule has 7 heteroatoms. The number of carbonyl (C=O) groups excluding carboxylic acids is 3. The first-order valence-corrected chi connectivity index (χ1v) is 8.48. The maximum absolute atomic E-state index is 12.4. The summed E-state index contributed by atoms with van der Waals surface area (Å²) in [5, 5.41) is 2.83. The van der Waals surface area contributed by atoms with E-state index in [4.69, 9.17) is 4.74 Å². The van der Waals surface area contributed by atoms with Crippen molar-refractivity contribution in [2.75, 3.05) is 45.2 Å². The summed E-state index contributed by atoms with van der Waals surface area (Å²) in [5.41, 5.74) is 1.24. The van der Waals surface area contributed by atoms with Crippen molar-refractivity contribution in [3.8, 4) is 0 Å². The number of morpholine rings is 1. The molecule has 1 heterocycles. The van der Waals surface area contributed by atoms with Gasteiger partial charge in [0.2, 0.25) is 0 Å². The SMILES string of the molecule is CC(=O)c1ccc(NC(=O)[C@@H](C)[NH+](C)CC(=O)N2CCOCC2)cc1. The lowest BCUT2D eigenvalue weighted by Crippen LogP contribution is -3.15. The van der Waals surface area contributed by atoms with Crippen molar-refractivity contribution in [3.63, 3.8) is 0 Å². The van der Waals surface area contributed by atoms with E-state index >= 15 is 0 Å². The molecule has 2 N–H and O–H groups in total. The van der Waals surface area contributed by atoms with Crippen LogP contribution >= 0.6 is 0 Å². The van der Waals surface area contributed by atoms with Crippen molar-refractivity contribution in [2.45, 2.75) is 19.9 Å². The highest BCUT2D eigenvalue weighted by atomic mass is 16.5. The van der Waals surface area contributed by atoms with E-state index in [9.17, 15) is 14.4 Å². The van der Waals surface area contributed by atoms with Gasteiger partial charge in [-0.25, -0.2) is 0 Å². The normalized spacial score (nSPS) is 16.8. The third-order valence-corrected chi connectivity index (χ3v) is 4.49.